The Balaban J connectivity index is 2.93. The quantitative estimate of drug-likeness (QED) is 0.443. The highest BCUT2D eigenvalue weighted by molar-refractivity contribution is 5.70. The van der Waals surface area contributed by atoms with Crippen LogP contribution in [-0.2, 0) is 4.74 Å². The number of amides is 1. The first-order chi connectivity index (χ1) is 9.10. The molecule has 110 valence electrons. The summed E-state index contributed by atoms with van der Waals surface area (Å²) in [5, 5.41) is 10.7. The Morgan fingerprint density at radius 2 is 1.90 bits per heavy atom. The van der Waals surface area contributed by atoms with Crippen LogP contribution in [0.25, 0.3) is 0 Å². The van der Waals surface area contributed by atoms with Crippen LogP contribution in [0.2, 0.25) is 0 Å². The highest BCUT2D eigenvalue weighted by Gasteiger charge is 2.22. The van der Waals surface area contributed by atoms with Gasteiger partial charge in [-0.2, -0.15) is 0 Å². The number of nitro groups is 1. The van der Waals surface area contributed by atoms with E-state index >= 15 is 0 Å². The molecule has 1 heterocycles. The molecule has 0 aliphatic heterocycles. The molecule has 4 N–H and O–H groups in total. The predicted octanol–water partition coefficient (Wildman–Crippen LogP) is -0.177. The average molecular weight is 287 g/mol. The van der Waals surface area contributed by atoms with Crippen LogP contribution in [0.3, 0.4) is 0 Å². The molecule has 0 spiro atoms. The molecule has 0 saturated carbocycles. The van der Waals surface area contributed by atoms with Crippen molar-refractivity contribution in [3.05, 3.63) is 31.0 Å². The van der Waals surface area contributed by atoms with Crippen molar-refractivity contribution in [2.45, 2.75) is 26.4 Å². The van der Waals surface area contributed by atoms with Crippen molar-refractivity contribution < 1.29 is 14.5 Å². The number of nitrogens with zero attached hydrogens (tertiary/aromatic N) is 1. The van der Waals surface area contributed by atoms with Crippen molar-refractivity contribution in [1.29, 1.82) is 0 Å². The Morgan fingerprint density at radius 3 is 2.40 bits per heavy atom. The zero-order valence-corrected chi connectivity index (χ0v) is 10.9. The van der Waals surface area contributed by atoms with Gasteiger partial charge in [-0.1, -0.05) is 0 Å². The second-order valence-corrected chi connectivity index (χ2v) is 4.64. The highest BCUT2D eigenvalue weighted by Crippen LogP contribution is 2.12. The molecule has 1 aromatic rings. The number of hydrogen-bond donors (Lipinski definition) is 4. The molecule has 0 aliphatic carbocycles. The van der Waals surface area contributed by atoms with E-state index in [-0.39, 0.29) is 0 Å². The number of hydrogen-bond acceptors (Lipinski definition) is 7. The third-order valence-electron chi connectivity index (χ3n) is 1.79. The van der Waals surface area contributed by atoms with E-state index in [4.69, 9.17) is 4.74 Å². The van der Waals surface area contributed by atoms with Crippen LogP contribution in [0.15, 0.2) is 9.59 Å². The molecule has 11 heteroatoms. The smallest absolute Gasteiger partial charge is 0.426 e. The van der Waals surface area contributed by atoms with E-state index in [0.717, 1.165) is 0 Å². The van der Waals surface area contributed by atoms with Crippen molar-refractivity contribution in [3.8, 4) is 0 Å². The molecule has 0 unspecified atom stereocenters. The largest absolute Gasteiger partial charge is 0.443 e. The molecule has 1 amide bonds. The molecule has 1 rings (SSSR count). The third kappa shape index (κ3) is 4.12. The monoisotopic (exact) mass is 287 g/mol. The summed E-state index contributed by atoms with van der Waals surface area (Å²) in [6, 6.07) is 0. The Labute approximate surface area is 111 Å². The summed E-state index contributed by atoms with van der Waals surface area (Å²) >= 11 is 0. The van der Waals surface area contributed by atoms with Gasteiger partial charge in [-0.25, -0.2) is 15.0 Å². The summed E-state index contributed by atoms with van der Waals surface area (Å²) < 4.78 is 4.86. The Morgan fingerprint density at radius 1 is 1.30 bits per heavy atom. The minimum absolute atomic E-state index is 0.561. The van der Waals surface area contributed by atoms with Crippen LogP contribution in [0.4, 0.5) is 16.3 Å². The fourth-order valence-corrected chi connectivity index (χ4v) is 1.16. The number of aromatic nitrogens is 2. The normalized spacial score (nSPS) is 10.8. The van der Waals surface area contributed by atoms with Crippen LogP contribution in [-0.4, -0.2) is 26.6 Å². The van der Waals surface area contributed by atoms with Crippen LogP contribution >= 0.6 is 0 Å². The second-order valence-electron chi connectivity index (χ2n) is 4.64. The lowest BCUT2D eigenvalue weighted by molar-refractivity contribution is -0.385. The lowest BCUT2D eigenvalue weighted by atomic mass is 10.2. The van der Waals surface area contributed by atoms with Crippen LogP contribution in [0.1, 0.15) is 20.8 Å². The molecule has 0 saturated heterocycles. The summed E-state index contributed by atoms with van der Waals surface area (Å²) in [7, 11) is 0. The fraction of sp³-hybridized carbons (Fsp3) is 0.444. The van der Waals surface area contributed by atoms with E-state index in [2.05, 4.69) is 5.43 Å². The number of rotatable bonds is 3. The van der Waals surface area contributed by atoms with Gasteiger partial charge in [-0.15, -0.1) is 0 Å². The molecule has 20 heavy (non-hydrogen) atoms. The lowest BCUT2D eigenvalue weighted by Gasteiger charge is -2.19. The maximum absolute atomic E-state index is 11.3. The molecule has 11 nitrogen and oxygen atoms in total. The van der Waals surface area contributed by atoms with Gasteiger partial charge in [0.15, 0.2) is 0 Å². The highest BCUT2D eigenvalue weighted by atomic mass is 16.6. The Hall–Kier alpha value is -2.85. The first-order valence-electron chi connectivity index (χ1n) is 5.36. The fourth-order valence-electron chi connectivity index (χ4n) is 1.16. The second kappa shape index (κ2) is 5.42. The van der Waals surface area contributed by atoms with E-state index in [1.165, 1.54) is 0 Å². The zero-order chi connectivity index (χ0) is 15.5. The van der Waals surface area contributed by atoms with E-state index in [1.807, 2.05) is 10.4 Å². The number of carbonyl (C=O) groups excluding carboxylic acids is 1. The number of hydrazine groups is 1. The van der Waals surface area contributed by atoms with Gasteiger partial charge >= 0.3 is 23.0 Å². The van der Waals surface area contributed by atoms with E-state index in [0.29, 0.717) is 0 Å². The SMILES string of the molecule is CC(C)(C)OC(=O)NNc1[nH]c(=O)[nH]c(=O)c1[N+](=O)[O-]. The summed E-state index contributed by atoms with van der Waals surface area (Å²) in [6.07, 6.45) is -0.937. The molecular weight excluding hydrogens is 274 g/mol. The molecule has 0 fully saturated rings. The Kier molecular flexibility index (Phi) is 4.12. The lowest BCUT2D eigenvalue weighted by Crippen LogP contribution is -2.37. The van der Waals surface area contributed by atoms with Crippen LogP contribution in [0, 0.1) is 10.1 Å². The topological polar surface area (TPSA) is 159 Å². The minimum atomic E-state index is -1.20. The van der Waals surface area contributed by atoms with Gasteiger partial charge in [-0.3, -0.25) is 30.3 Å². The van der Waals surface area contributed by atoms with Gasteiger partial charge in [0, 0.05) is 0 Å². The summed E-state index contributed by atoms with van der Waals surface area (Å²) in [6.45, 7) is 4.85. The average Bonchev–Trinajstić information content (AvgIpc) is 2.22. The van der Waals surface area contributed by atoms with Gasteiger partial charge in [0.25, 0.3) is 0 Å². The number of ether oxygens (including phenoxy) is 1. The molecular formula is C9H13N5O6. The van der Waals surface area contributed by atoms with Crippen molar-refractivity contribution in [3.63, 3.8) is 0 Å². The standard InChI is InChI=1S/C9H13N5O6/c1-9(2,3)20-8(17)13-12-5-4(14(18)19)6(15)11-7(16)10-5/h1-3H3,(H,13,17)(H3,10,11,12,15,16). The summed E-state index contributed by atoms with van der Waals surface area (Å²) in [4.78, 5) is 47.0. The molecule has 0 bridgehead atoms. The third-order valence-corrected chi connectivity index (χ3v) is 1.79. The van der Waals surface area contributed by atoms with E-state index in [9.17, 15) is 24.5 Å². The number of carbonyl (C=O) groups is 1. The summed E-state index contributed by atoms with van der Waals surface area (Å²) in [5.74, 6) is -0.561. The van der Waals surface area contributed by atoms with Crippen molar-refractivity contribution in [1.82, 2.24) is 15.4 Å². The number of H-pyrrole nitrogens is 2. The molecule has 0 aliphatic rings. The summed E-state index contributed by atoms with van der Waals surface area (Å²) in [5.41, 5.74) is 0.136. The Bertz CT molecular complexity index is 639. The number of nitrogens with one attached hydrogen (secondary N) is 4. The minimum Gasteiger partial charge on any atom is -0.443 e. The van der Waals surface area contributed by atoms with Crippen molar-refractivity contribution >= 4 is 17.6 Å². The van der Waals surface area contributed by atoms with Gasteiger partial charge < -0.3 is 4.74 Å². The van der Waals surface area contributed by atoms with E-state index < -0.39 is 39.4 Å². The first kappa shape index (κ1) is 15.2. The molecule has 0 aromatic carbocycles. The zero-order valence-electron chi connectivity index (χ0n) is 10.9. The molecule has 1 aromatic heterocycles. The maximum atomic E-state index is 11.3. The van der Waals surface area contributed by atoms with Crippen molar-refractivity contribution in [2.24, 2.45) is 0 Å². The number of aromatic amines is 2. The van der Waals surface area contributed by atoms with Gasteiger partial charge in [0.2, 0.25) is 5.82 Å². The van der Waals surface area contributed by atoms with Gasteiger partial charge in [-0.05, 0) is 20.8 Å². The maximum Gasteiger partial charge on any atom is 0.426 e. The molecule has 0 radical (unpaired) electrons. The first-order valence-corrected chi connectivity index (χ1v) is 5.36. The number of anilines is 1. The van der Waals surface area contributed by atoms with Crippen LogP contribution < -0.4 is 22.1 Å². The van der Waals surface area contributed by atoms with E-state index in [1.54, 1.807) is 25.8 Å². The van der Waals surface area contributed by atoms with Gasteiger partial charge in [0.05, 0.1) is 4.92 Å². The van der Waals surface area contributed by atoms with Crippen molar-refractivity contribution in [2.75, 3.05) is 5.43 Å². The van der Waals surface area contributed by atoms with Gasteiger partial charge in [0.1, 0.15) is 5.60 Å². The molecule has 0 atom stereocenters. The van der Waals surface area contributed by atoms with Crippen LogP contribution in [0.5, 0.6) is 0 Å². The predicted molar refractivity (Wildman–Crippen MR) is 67.3 cm³/mol.